The van der Waals surface area contributed by atoms with Gasteiger partial charge in [-0.3, -0.25) is 14.9 Å². The van der Waals surface area contributed by atoms with Crippen molar-refractivity contribution in [2.24, 2.45) is 0 Å². The Labute approximate surface area is 171 Å². The van der Waals surface area contributed by atoms with Crippen LogP contribution in [-0.4, -0.2) is 44.6 Å². The van der Waals surface area contributed by atoms with E-state index >= 15 is 0 Å². The highest BCUT2D eigenvalue weighted by atomic mass is 16.6. The normalized spacial score (nSPS) is 15.1. The molecule has 0 unspecified atom stereocenters. The molecular weight excluding hydrogens is 368 g/mol. The lowest BCUT2D eigenvalue weighted by Gasteiger charge is -2.26. The number of nitrogens with one attached hydrogen (secondary N) is 2. The first-order valence-corrected chi connectivity index (χ1v) is 10.0. The number of aryl methyl sites for hydroxylation is 1. The molecule has 1 atom stereocenters. The van der Waals surface area contributed by atoms with Gasteiger partial charge in [0.05, 0.1) is 24.6 Å². The molecule has 2 aromatic rings. The largest absolute Gasteiger partial charge is 0.378 e. The lowest BCUT2D eigenvalue weighted by atomic mass is 10.0. The summed E-state index contributed by atoms with van der Waals surface area (Å²) in [6.07, 6.45) is 2.39. The van der Waals surface area contributed by atoms with E-state index in [0.29, 0.717) is 17.7 Å². The zero-order valence-corrected chi connectivity index (χ0v) is 17.3. The number of carbonyl (C=O) groups excluding carboxylic acids is 1. The standard InChI is InChI=1S/C22H28N4O3/c1-16-6-7-18(14-20(16)26(28)29)22(27)23-15-21(25-12-4-5-13-25)17-8-10-19(11-9-17)24(2)3/h6-11,14,21H,4-5,12-13,15H2,1-3H3,(H,23,27)/p+1/t21-/m0/s1. The molecule has 3 rings (SSSR count). The topological polar surface area (TPSA) is 79.9 Å². The summed E-state index contributed by atoms with van der Waals surface area (Å²) in [5.41, 5.74) is 3.17. The number of likely N-dealkylation sites (tertiary alicyclic amines) is 1. The van der Waals surface area contributed by atoms with Crippen molar-refractivity contribution in [3.05, 3.63) is 69.3 Å². The number of hydrogen-bond acceptors (Lipinski definition) is 4. The Hall–Kier alpha value is -2.93. The van der Waals surface area contributed by atoms with Crippen LogP contribution in [0.3, 0.4) is 0 Å². The minimum Gasteiger partial charge on any atom is -0.378 e. The summed E-state index contributed by atoms with van der Waals surface area (Å²) >= 11 is 0. The first-order chi connectivity index (χ1) is 13.9. The zero-order valence-electron chi connectivity index (χ0n) is 17.3. The Morgan fingerprint density at radius 3 is 2.41 bits per heavy atom. The third kappa shape index (κ3) is 4.92. The summed E-state index contributed by atoms with van der Waals surface area (Å²) in [5.74, 6) is -0.276. The van der Waals surface area contributed by atoms with Gasteiger partial charge in [0.2, 0.25) is 0 Å². The minimum atomic E-state index is -0.449. The number of amides is 1. The molecule has 0 aromatic heterocycles. The van der Waals surface area contributed by atoms with Crippen molar-refractivity contribution < 1.29 is 14.6 Å². The van der Waals surface area contributed by atoms with Crippen LogP contribution in [0.15, 0.2) is 42.5 Å². The summed E-state index contributed by atoms with van der Waals surface area (Å²) < 4.78 is 0. The summed E-state index contributed by atoms with van der Waals surface area (Å²) in [7, 11) is 4.03. The monoisotopic (exact) mass is 397 g/mol. The van der Waals surface area contributed by atoms with E-state index in [1.54, 1.807) is 19.1 Å². The molecule has 1 saturated heterocycles. The van der Waals surface area contributed by atoms with Gasteiger partial charge in [-0.25, -0.2) is 0 Å². The molecular formula is C22H29N4O3+. The Kier molecular flexibility index (Phi) is 6.49. The number of carbonyl (C=O) groups is 1. The van der Waals surface area contributed by atoms with Gasteiger partial charge in [-0.2, -0.15) is 0 Å². The molecule has 7 nitrogen and oxygen atoms in total. The fourth-order valence-corrected chi connectivity index (χ4v) is 3.92. The van der Waals surface area contributed by atoms with E-state index < -0.39 is 4.92 Å². The quantitative estimate of drug-likeness (QED) is 0.554. The maximum atomic E-state index is 12.7. The number of nitrogens with zero attached hydrogens (tertiary/aromatic N) is 2. The van der Waals surface area contributed by atoms with E-state index in [-0.39, 0.29) is 17.6 Å². The van der Waals surface area contributed by atoms with E-state index in [0.717, 1.165) is 18.8 Å². The lowest BCUT2D eigenvalue weighted by molar-refractivity contribution is -0.918. The average molecular weight is 397 g/mol. The van der Waals surface area contributed by atoms with Crippen molar-refractivity contribution in [1.82, 2.24) is 5.32 Å². The molecule has 1 heterocycles. The molecule has 2 N–H and O–H groups in total. The number of hydrogen-bond donors (Lipinski definition) is 2. The molecule has 2 aromatic carbocycles. The van der Waals surface area contributed by atoms with Gasteiger partial charge in [0, 0.05) is 55.4 Å². The van der Waals surface area contributed by atoms with Crippen LogP contribution in [0.4, 0.5) is 11.4 Å². The second-order valence-corrected chi connectivity index (χ2v) is 7.87. The van der Waals surface area contributed by atoms with Gasteiger partial charge >= 0.3 is 0 Å². The smallest absolute Gasteiger partial charge is 0.273 e. The first-order valence-electron chi connectivity index (χ1n) is 10.0. The number of anilines is 1. The number of rotatable bonds is 7. The molecule has 1 aliphatic heterocycles. The molecule has 0 aliphatic carbocycles. The maximum absolute atomic E-state index is 12.7. The van der Waals surface area contributed by atoms with Crippen LogP contribution in [0.25, 0.3) is 0 Å². The van der Waals surface area contributed by atoms with Crippen LogP contribution < -0.4 is 15.1 Å². The lowest BCUT2D eigenvalue weighted by Crippen LogP contribution is -3.11. The van der Waals surface area contributed by atoms with Crippen molar-refractivity contribution in [2.75, 3.05) is 38.6 Å². The van der Waals surface area contributed by atoms with Crippen molar-refractivity contribution in [3.63, 3.8) is 0 Å². The Bertz CT molecular complexity index is 874. The number of nitro benzene ring substituents is 1. The van der Waals surface area contributed by atoms with Gasteiger partial charge in [-0.05, 0) is 25.1 Å². The molecule has 154 valence electrons. The van der Waals surface area contributed by atoms with Crippen LogP contribution >= 0.6 is 0 Å². The van der Waals surface area contributed by atoms with Crippen LogP contribution in [-0.2, 0) is 0 Å². The highest BCUT2D eigenvalue weighted by molar-refractivity contribution is 5.95. The number of quaternary nitrogens is 1. The third-order valence-electron chi connectivity index (χ3n) is 5.69. The molecule has 0 saturated carbocycles. The molecule has 1 amide bonds. The van der Waals surface area contributed by atoms with Gasteiger partial charge in [0.15, 0.2) is 0 Å². The molecule has 7 heteroatoms. The van der Waals surface area contributed by atoms with Crippen LogP contribution in [0.2, 0.25) is 0 Å². The second-order valence-electron chi connectivity index (χ2n) is 7.87. The van der Waals surface area contributed by atoms with Crippen molar-refractivity contribution in [3.8, 4) is 0 Å². The first kappa shape index (κ1) is 20.8. The highest BCUT2D eigenvalue weighted by Gasteiger charge is 2.28. The predicted molar refractivity (Wildman–Crippen MR) is 114 cm³/mol. The number of benzene rings is 2. The highest BCUT2D eigenvalue weighted by Crippen LogP contribution is 2.20. The molecule has 0 spiro atoms. The van der Waals surface area contributed by atoms with Gasteiger partial charge in [0.25, 0.3) is 11.6 Å². The molecule has 1 aliphatic rings. The van der Waals surface area contributed by atoms with E-state index in [1.807, 2.05) is 14.1 Å². The van der Waals surface area contributed by atoms with Gasteiger partial charge in [-0.1, -0.05) is 18.2 Å². The van der Waals surface area contributed by atoms with E-state index in [1.165, 1.54) is 29.4 Å². The average Bonchev–Trinajstić information content (AvgIpc) is 3.23. The second kappa shape index (κ2) is 9.05. The molecule has 0 bridgehead atoms. The van der Waals surface area contributed by atoms with Crippen LogP contribution in [0.1, 0.15) is 40.4 Å². The Balaban J connectivity index is 1.75. The summed E-state index contributed by atoms with van der Waals surface area (Å²) in [6, 6.07) is 13.2. The van der Waals surface area contributed by atoms with Crippen LogP contribution in [0.5, 0.6) is 0 Å². The molecule has 0 radical (unpaired) electrons. The van der Waals surface area contributed by atoms with Crippen molar-refractivity contribution >= 4 is 17.3 Å². The SMILES string of the molecule is Cc1ccc(C(=O)NC[C@@H](c2ccc(N(C)C)cc2)[NH+]2CCCC2)cc1[N+](=O)[O-]. The van der Waals surface area contributed by atoms with Crippen molar-refractivity contribution in [2.45, 2.75) is 25.8 Å². The third-order valence-corrected chi connectivity index (χ3v) is 5.69. The predicted octanol–water partition coefficient (Wildman–Crippen LogP) is 2.12. The number of nitro groups is 1. The van der Waals surface area contributed by atoms with Gasteiger partial charge < -0.3 is 15.1 Å². The Morgan fingerprint density at radius 2 is 1.83 bits per heavy atom. The summed E-state index contributed by atoms with van der Waals surface area (Å²) in [6.45, 7) is 4.35. The molecule has 29 heavy (non-hydrogen) atoms. The fraction of sp³-hybridized carbons (Fsp3) is 0.409. The summed E-state index contributed by atoms with van der Waals surface area (Å²) in [5, 5.41) is 14.2. The zero-order chi connectivity index (χ0) is 21.0. The minimum absolute atomic E-state index is 0.0290. The van der Waals surface area contributed by atoms with Gasteiger partial charge in [0.1, 0.15) is 6.04 Å². The van der Waals surface area contributed by atoms with E-state index in [4.69, 9.17) is 0 Å². The van der Waals surface area contributed by atoms with E-state index in [2.05, 4.69) is 34.5 Å². The van der Waals surface area contributed by atoms with Crippen LogP contribution in [0, 0.1) is 17.0 Å². The maximum Gasteiger partial charge on any atom is 0.273 e. The molecule has 1 fully saturated rings. The van der Waals surface area contributed by atoms with Crippen molar-refractivity contribution in [1.29, 1.82) is 0 Å². The fourth-order valence-electron chi connectivity index (χ4n) is 3.92. The summed E-state index contributed by atoms with van der Waals surface area (Å²) in [4.78, 5) is 26.9. The van der Waals surface area contributed by atoms with Gasteiger partial charge in [-0.15, -0.1) is 0 Å². The van der Waals surface area contributed by atoms with E-state index in [9.17, 15) is 14.9 Å². The Morgan fingerprint density at radius 1 is 1.17 bits per heavy atom.